The van der Waals surface area contributed by atoms with Gasteiger partial charge in [0, 0.05) is 23.2 Å². The van der Waals surface area contributed by atoms with Crippen molar-refractivity contribution in [1.82, 2.24) is 9.88 Å². The lowest BCUT2D eigenvalue weighted by Crippen LogP contribution is -2.43. The van der Waals surface area contributed by atoms with Crippen LogP contribution < -0.4 is 15.5 Å². The van der Waals surface area contributed by atoms with E-state index in [9.17, 15) is 27.6 Å². The van der Waals surface area contributed by atoms with Gasteiger partial charge in [0.1, 0.15) is 11.4 Å². The van der Waals surface area contributed by atoms with E-state index in [1.807, 2.05) is 0 Å². The quantitative estimate of drug-likeness (QED) is 0.152. The van der Waals surface area contributed by atoms with Crippen LogP contribution in [-0.4, -0.2) is 44.3 Å². The average Bonchev–Trinajstić information content (AvgIpc) is 3.03. The SMILES string of the molecule is CC1(C)C(=O)N(c2ccc(SC(F)(F)F)cc2)C(=O)N1Cc1ccnc(NC(=S)Nc2ccccc2C=O)c1. The van der Waals surface area contributed by atoms with E-state index in [1.54, 1.807) is 50.2 Å². The molecule has 0 spiro atoms. The Kier molecular flexibility index (Phi) is 7.93. The number of benzene rings is 2. The summed E-state index contributed by atoms with van der Waals surface area (Å²) in [5.41, 5.74) is -3.89. The monoisotopic (exact) mass is 573 g/mol. The van der Waals surface area contributed by atoms with Crippen LogP contribution >= 0.6 is 24.0 Å². The van der Waals surface area contributed by atoms with Crippen molar-refractivity contribution in [2.45, 2.75) is 36.3 Å². The van der Waals surface area contributed by atoms with Gasteiger partial charge in [0.05, 0.1) is 11.4 Å². The molecule has 2 heterocycles. The molecule has 202 valence electrons. The summed E-state index contributed by atoms with van der Waals surface area (Å²) in [6.45, 7) is 3.26. The van der Waals surface area contributed by atoms with Crippen molar-refractivity contribution in [1.29, 1.82) is 0 Å². The van der Waals surface area contributed by atoms with E-state index in [4.69, 9.17) is 12.2 Å². The lowest BCUT2D eigenvalue weighted by Gasteiger charge is -2.27. The number of carbonyl (C=O) groups is 3. The highest BCUT2D eigenvalue weighted by atomic mass is 32.2. The summed E-state index contributed by atoms with van der Waals surface area (Å²) in [6, 6.07) is 14.6. The molecule has 1 fully saturated rings. The van der Waals surface area contributed by atoms with Crippen LogP contribution in [0.4, 0.5) is 35.2 Å². The number of hydrogen-bond acceptors (Lipinski definition) is 6. The van der Waals surface area contributed by atoms with Crippen molar-refractivity contribution in [3.63, 3.8) is 0 Å². The number of pyridine rings is 1. The molecule has 0 radical (unpaired) electrons. The molecule has 1 aromatic heterocycles. The highest BCUT2D eigenvalue weighted by Crippen LogP contribution is 2.39. The Hall–Kier alpha value is -3.97. The largest absolute Gasteiger partial charge is 0.446 e. The Bertz CT molecular complexity index is 1430. The average molecular weight is 574 g/mol. The number of aromatic nitrogens is 1. The van der Waals surface area contributed by atoms with Gasteiger partial charge in [-0.2, -0.15) is 13.2 Å². The fourth-order valence-corrected chi connectivity index (χ4v) is 4.69. The van der Waals surface area contributed by atoms with Gasteiger partial charge in [0.2, 0.25) is 0 Å². The first-order valence-corrected chi connectivity index (χ1v) is 12.7. The number of nitrogens with one attached hydrogen (secondary N) is 2. The van der Waals surface area contributed by atoms with Crippen LogP contribution in [0.25, 0.3) is 0 Å². The van der Waals surface area contributed by atoms with Crippen LogP contribution in [0.1, 0.15) is 29.8 Å². The number of urea groups is 1. The molecular formula is C26H22F3N5O3S2. The van der Waals surface area contributed by atoms with Crippen LogP contribution in [0.3, 0.4) is 0 Å². The van der Waals surface area contributed by atoms with Gasteiger partial charge in [-0.05, 0) is 91.9 Å². The highest BCUT2D eigenvalue weighted by molar-refractivity contribution is 8.00. The van der Waals surface area contributed by atoms with Crippen molar-refractivity contribution < 1.29 is 27.6 Å². The van der Waals surface area contributed by atoms with Crippen molar-refractivity contribution in [2.75, 3.05) is 15.5 Å². The van der Waals surface area contributed by atoms with Crippen LogP contribution in [0.15, 0.2) is 71.8 Å². The molecule has 8 nitrogen and oxygen atoms in total. The van der Waals surface area contributed by atoms with E-state index in [0.29, 0.717) is 28.9 Å². The minimum Gasteiger partial charge on any atom is -0.332 e. The van der Waals surface area contributed by atoms with Gasteiger partial charge in [0.15, 0.2) is 11.4 Å². The molecule has 13 heteroatoms. The summed E-state index contributed by atoms with van der Waals surface area (Å²) in [5, 5.41) is 6.07. The van der Waals surface area contributed by atoms with Gasteiger partial charge in [0.25, 0.3) is 5.91 Å². The second kappa shape index (κ2) is 11.0. The Morgan fingerprint density at radius 1 is 1.08 bits per heavy atom. The first-order valence-electron chi connectivity index (χ1n) is 11.5. The van der Waals surface area contributed by atoms with Gasteiger partial charge in [-0.15, -0.1) is 0 Å². The van der Waals surface area contributed by atoms with Gasteiger partial charge in [-0.25, -0.2) is 14.7 Å². The third-order valence-corrected chi connectivity index (χ3v) is 6.84. The van der Waals surface area contributed by atoms with Crippen molar-refractivity contribution in [3.8, 4) is 0 Å². The number of nitrogens with zero attached hydrogens (tertiary/aromatic N) is 3. The highest BCUT2D eigenvalue weighted by Gasteiger charge is 2.51. The van der Waals surface area contributed by atoms with Gasteiger partial charge in [-0.3, -0.25) is 9.59 Å². The molecule has 0 unspecified atom stereocenters. The summed E-state index contributed by atoms with van der Waals surface area (Å²) in [5.74, 6) is -0.130. The number of halogens is 3. The molecule has 1 aliphatic heterocycles. The number of hydrogen-bond donors (Lipinski definition) is 2. The van der Waals surface area contributed by atoms with Gasteiger partial charge >= 0.3 is 11.5 Å². The zero-order valence-electron chi connectivity index (χ0n) is 20.7. The van der Waals surface area contributed by atoms with E-state index in [0.717, 1.165) is 4.90 Å². The zero-order chi connectivity index (χ0) is 28.4. The summed E-state index contributed by atoms with van der Waals surface area (Å²) in [7, 11) is 0. The molecule has 1 saturated heterocycles. The first kappa shape index (κ1) is 28.0. The Morgan fingerprint density at radius 3 is 2.44 bits per heavy atom. The molecule has 0 atom stereocenters. The fraction of sp³-hybridized carbons (Fsp3) is 0.192. The second-order valence-electron chi connectivity index (χ2n) is 8.94. The molecule has 3 aromatic rings. The van der Waals surface area contributed by atoms with Crippen molar-refractivity contribution in [2.24, 2.45) is 0 Å². The predicted octanol–water partition coefficient (Wildman–Crippen LogP) is 6.06. The number of thiocarbonyl (C=S) groups is 1. The fourth-order valence-electron chi connectivity index (χ4n) is 3.93. The Labute approximate surface area is 231 Å². The lowest BCUT2D eigenvalue weighted by molar-refractivity contribution is -0.123. The maximum absolute atomic E-state index is 13.3. The van der Waals surface area contributed by atoms with E-state index in [-0.39, 0.29) is 34.0 Å². The van der Waals surface area contributed by atoms with Gasteiger partial charge < -0.3 is 15.5 Å². The van der Waals surface area contributed by atoms with E-state index in [1.165, 1.54) is 35.4 Å². The minimum absolute atomic E-state index is 0.0553. The molecular weight excluding hydrogens is 551 g/mol. The Balaban J connectivity index is 1.48. The lowest BCUT2D eigenvalue weighted by atomic mass is 10.0. The van der Waals surface area contributed by atoms with Gasteiger partial charge in [-0.1, -0.05) is 12.1 Å². The molecule has 39 heavy (non-hydrogen) atoms. The number of alkyl halides is 3. The summed E-state index contributed by atoms with van der Waals surface area (Å²) in [4.78, 5) is 44.3. The molecule has 2 N–H and O–H groups in total. The minimum atomic E-state index is -4.45. The molecule has 2 aromatic carbocycles. The number of aldehydes is 1. The smallest absolute Gasteiger partial charge is 0.332 e. The maximum Gasteiger partial charge on any atom is 0.446 e. The second-order valence-corrected chi connectivity index (χ2v) is 10.5. The van der Waals surface area contributed by atoms with Crippen molar-refractivity contribution >= 4 is 64.5 Å². The molecule has 0 saturated carbocycles. The zero-order valence-corrected chi connectivity index (χ0v) is 22.3. The number of anilines is 3. The number of amides is 3. The number of para-hydroxylation sites is 1. The van der Waals surface area contributed by atoms with Crippen LogP contribution in [0, 0.1) is 0 Å². The molecule has 3 amide bonds. The standard InChI is InChI=1S/C26H22F3N5O3S2/c1-25(2)22(36)34(18-7-9-19(10-8-18)39-26(27,28)29)24(37)33(25)14-16-11-12-30-21(13-16)32-23(38)31-20-6-4-3-5-17(20)15-35/h3-13,15H,14H2,1-2H3,(H2,30,31,32,38). The predicted molar refractivity (Wildman–Crippen MR) is 147 cm³/mol. The summed E-state index contributed by atoms with van der Waals surface area (Å²) < 4.78 is 38.0. The number of imide groups is 1. The van der Waals surface area contributed by atoms with Crippen LogP contribution in [0.5, 0.6) is 0 Å². The van der Waals surface area contributed by atoms with Crippen LogP contribution in [0.2, 0.25) is 0 Å². The molecule has 0 aliphatic carbocycles. The third kappa shape index (κ3) is 6.37. The Morgan fingerprint density at radius 2 is 1.77 bits per heavy atom. The first-order chi connectivity index (χ1) is 18.4. The number of carbonyl (C=O) groups excluding carboxylic acids is 3. The van der Waals surface area contributed by atoms with E-state index < -0.39 is 23.0 Å². The summed E-state index contributed by atoms with van der Waals surface area (Å²) in [6.07, 6.45) is 2.23. The van der Waals surface area contributed by atoms with Crippen molar-refractivity contribution in [3.05, 3.63) is 78.0 Å². The number of thioether (sulfide) groups is 1. The summed E-state index contributed by atoms with van der Waals surface area (Å²) >= 11 is 5.06. The topological polar surface area (TPSA) is 94.6 Å². The molecule has 4 rings (SSSR count). The third-order valence-electron chi connectivity index (χ3n) is 5.89. The molecule has 0 bridgehead atoms. The van der Waals surface area contributed by atoms with Crippen LogP contribution in [-0.2, 0) is 11.3 Å². The number of rotatable bonds is 7. The van der Waals surface area contributed by atoms with E-state index >= 15 is 0 Å². The normalized spacial score (nSPS) is 14.9. The maximum atomic E-state index is 13.3. The molecule has 1 aliphatic rings. The van der Waals surface area contributed by atoms with E-state index in [2.05, 4.69) is 15.6 Å².